The van der Waals surface area contributed by atoms with Crippen molar-refractivity contribution in [2.75, 3.05) is 0 Å². The third kappa shape index (κ3) is 1.18. The number of halogens is 1. The Hall–Kier alpha value is -0.130. The van der Waals surface area contributed by atoms with Gasteiger partial charge in [0, 0.05) is 0 Å². The number of hydrogen-bond acceptors (Lipinski definition) is 2. The molecular formula is C4H6IN3. The molecule has 0 bridgehead atoms. The van der Waals surface area contributed by atoms with Crippen LogP contribution in [0, 0.1) is 3.70 Å². The largest absolute Gasteiger partial charge is 0.184 e. The monoisotopic (exact) mass is 223 g/mol. The van der Waals surface area contributed by atoms with Gasteiger partial charge in [-0.15, -0.1) is 5.10 Å². The van der Waals surface area contributed by atoms with Gasteiger partial charge < -0.3 is 0 Å². The number of aromatic nitrogens is 3. The summed E-state index contributed by atoms with van der Waals surface area (Å²) in [5, 5.41) is 7.95. The number of nitrogens with zero attached hydrogens (tertiary/aromatic N) is 3. The molecular weight excluding hydrogens is 217 g/mol. The fourth-order valence-electron chi connectivity index (χ4n) is 0.429. The van der Waals surface area contributed by atoms with E-state index in [1.165, 1.54) is 0 Å². The molecule has 0 fully saturated rings. The second-order valence-electron chi connectivity index (χ2n) is 1.36. The van der Waals surface area contributed by atoms with Gasteiger partial charge in [0.25, 0.3) is 0 Å². The third-order valence-corrected chi connectivity index (χ3v) is 1.29. The van der Waals surface area contributed by atoms with Crippen LogP contribution in [0.25, 0.3) is 0 Å². The van der Waals surface area contributed by atoms with Crippen LogP contribution in [0.15, 0.2) is 6.20 Å². The Labute approximate surface area is 61.2 Å². The highest BCUT2D eigenvalue weighted by molar-refractivity contribution is 14.1. The highest BCUT2D eigenvalue weighted by Crippen LogP contribution is 1.94. The smallest absolute Gasteiger partial charge is 0.143 e. The zero-order chi connectivity index (χ0) is 5.98. The molecule has 0 radical (unpaired) electrons. The highest BCUT2D eigenvalue weighted by atomic mass is 127. The Morgan fingerprint density at radius 1 is 1.88 bits per heavy atom. The summed E-state index contributed by atoms with van der Waals surface area (Å²) in [4.78, 5) is 1.65. The molecule has 1 aromatic rings. The maximum Gasteiger partial charge on any atom is 0.143 e. The van der Waals surface area contributed by atoms with Crippen LogP contribution in [0.3, 0.4) is 0 Å². The van der Waals surface area contributed by atoms with E-state index in [0.717, 1.165) is 10.2 Å². The van der Waals surface area contributed by atoms with Gasteiger partial charge in [-0.25, -0.2) is 0 Å². The quantitative estimate of drug-likeness (QED) is 0.662. The van der Waals surface area contributed by atoms with Crippen molar-refractivity contribution in [1.82, 2.24) is 15.0 Å². The van der Waals surface area contributed by atoms with E-state index in [1.807, 2.05) is 6.92 Å². The fourth-order valence-corrected chi connectivity index (χ4v) is 0.802. The molecule has 0 aliphatic carbocycles. The fraction of sp³-hybridized carbons (Fsp3) is 0.500. The topological polar surface area (TPSA) is 30.7 Å². The minimum absolute atomic E-state index is 0.850. The minimum Gasteiger partial charge on any atom is -0.184 e. The van der Waals surface area contributed by atoms with Crippen LogP contribution >= 0.6 is 22.6 Å². The predicted octanol–water partition coefficient (Wildman–Crippen LogP) is 0.903. The Morgan fingerprint density at radius 2 is 2.62 bits per heavy atom. The van der Waals surface area contributed by atoms with Gasteiger partial charge in [-0.2, -0.15) is 9.90 Å². The Kier molecular flexibility index (Phi) is 1.82. The van der Waals surface area contributed by atoms with Gasteiger partial charge in [-0.3, -0.25) is 0 Å². The molecule has 8 heavy (non-hydrogen) atoms. The van der Waals surface area contributed by atoms with E-state index in [4.69, 9.17) is 0 Å². The number of hydrogen-bond donors (Lipinski definition) is 0. The summed E-state index contributed by atoms with van der Waals surface area (Å²) in [5.41, 5.74) is 0. The molecule has 1 rings (SSSR count). The first kappa shape index (κ1) is 6.00. The average Bonchev–Trinajstić information content (AvgIpc) is 2.14. The van der Waals surface area contributed by atoms with Crippen LogP contribution in [0.4, 0.5) is 0 Å². The van der Waals surface area contributed by atoms with Gasteiger partial charge in [0.1, 0.15) is 3.70 Å². The summed E-state index contributed by atoms with van der Waals surface area (Å²) < 4.78 is 0.949. The van der Waals surface area contributed by atoms with Crippen molar-refractivity contribution in [3.8, 4) is 0 Å². The third-order valence-electron chi connectivity index (χ3n) is 0.791. The molecule has 0 saturated carbocycles. The summed E-state index contributed by atoms with van der Waals surface area (Å²) in [6, 6.07) is 0. The van der Waals surface area contributed by atoms with Gasteiger partial charge >= 0.3 is 0 Å². The van der Waals surface area contributed by atoms with Crippen LogP contribution in [-0.4, -0.2) is 15.0 Å². The molecule has 0 N–H and O–H groups in total. The molecule has 44 valence electrons. The summed E-state index contributed by atoms with van der Waals surface area (Å²) >= 11 is 2.13. The first-order valence-corrected chi connectivity index (χ1v) is 3.46. The maximum atomic E-state index is 4.02. The number of aryl methyl sites for hydroxylation is 1. The van der Waals surface area contributed by atoms with Crippen molar-refractivity contribution >= 4 is 22.6 Å². The predicted molar refractivity (Wildman–Crippen MR) is 38.4 cm³/mol. The van der Waals surface area contributed by atoms with E-state index < -0.39 is 0 Å². The first-order valence-electron chi connectivity index (χ1n) is 2.38. The van der Waals surface area contributed by atoms with E-state index >= 15 is 0 Å². The molecule has 0 unspecified atom stereocenters. The lowest BCUT2D eigenvalue weighted by molar-refractivity contribution is 0.567. The highest BCUT2D eigenvalue weighted by Gasteiger charge is 1.89. The molecule has 1 heterocycles. The molecule has 0 spiro atoms. The number of rotatable bonds is 1. The van der Waals surface area contributed by atoms with Gasteiger partial charge in [0.15, 0.2) is 0 Å². The molecule has 0 saturated heterocycles. The van der Waals surface area contributed by atoms with Crippen molar-refractivity contribution in [1.29, 1.82) is 0 Å². The molecule has 1 aromatic heterocycles. The SMILES string of the molecule is CCn1ncc(I)n1. The second kappa shape index (κ2) is 2.43. The van der Waals surface area contributed by atoms with Crippen LogP contribution in [0.1, 0.15) is 6.92 Å². The zero-order valence-corrected chi connectivity index (χ0v) is 6.66. The lowest BCUT2D eigenvalue weighted by Gasteiger charge is -1.85. The molecule has 0 aromatic carbocycles. The summed E-state index contributed by atoms with van der Waals surface area (Å²) in [5.74, 6) is 0. The zero-order valence-electron chi connectivity index (χ0n) is 4.50. The molecule has 0 amide bonds. The Morgan fingerprint density at radius 3 is 2.88 bits per heavy atom. The van der Waals surface area contributed by atoms with Crippen molar-refractivity contribution in [3.63, 3.8) is 0 Å². The Balaban J connectivity index is 2.84. The Bertz CT molecular complexity index is 172. The lowest BCUT2D eigenvalue weighted by Crippen LogP contribution is -1.97. The van der Waals surface area contributed by atoms with E-state index in [2.05, 4.69) is 32.8 Å². The van der Waals surface area contributed by atoms with Crippen LogP contribution in [0.2, 0.25) is 0 Å². The van der Waals surface area contributed by atoms with Crippen molar-refractivity contribution in [2.45, 2.75) is 13.5 Å². The van der Waals surface area contributed by atoms with E-state index in [1.54, 1.807) is 11.0 Å². The average molecular weight is 223 g/mol. The minimum atomic E-state index is 0.850. The van der Waals surface area contributed by atoms with Gasteiger partial charge in [-0.1, -0.05) is 0 Å². The van der Waals surface area contributed by atoms with Crippen molar-refractivity contribution < 1.29 is 0 Å². The summed E-state index contributed by atoms with van der Waals surface area (Å²) in [6.07, 6.45) is 1.74. The van der Waals surface area contributed by atoms with Crippen molar-refractivity contribution in [3.05, 3.63) is 9.90 Å². The molecule has 0 aliphatic rings. The van der Waals surface area contributed by atoms with Gasteiger partial charge in [0.2, 0.25) is 0 Å². The standard InChI is InChI=1S/C4H6IN3/c1-2-8-6-3-4(5)7-8/h3H,2H2,1H3. The van der Waals surface area contributed by atoms with Crippen LogP contribution in [-0.2, 0) is 6.54 Å². The molecule has 0 atom stereocenters. The molecule has 0 aliphatic heterocycles. The molecule has 3 nitrogen and oxygen atoms in total. The van der Waals surface area contributed by atoms with Gasteiger partial charge in [-0.05, 0) is 29.5 Å². The molecule has 4 heteroatoms. The summed E-state index contributed by atoms with van der Waals surface area (Å²) in [6.45, 7) is 2.86. The summed E-state index contributed by atoms with van der Waals surface area (Å²) in [7, 11) is 0. The van der Waals surface area contributed by atoms with Gasteiger partial charge in [0.05, 0.1) is 12.7 Å². The van der Waals surface area contributed by atoms with Crippen molar-refractivity contribution in [2.24, 2.45) is 0 Å². The first-order chi connectivity index (χ1) is 3.83. The van der Waals surface area contributed by atoms with E-state index in [0.29, 0.717) is 0 Å². The maximum absolute atomic E-state index is 4.02. The van der Waals surface area contributed by atoms with E-state index in [-0.39, 0.29) is 0 Å². The lowest BCUT2D eigenvalue weighted by atomic mass is 10.8. The normalized spacial score (nSPS) is 9.75. The second-order valence-corrected chi connectivity index (χ2v) is 2.46. The van der Waals surface area contributed by atoms with E-state index in [9.17, 15) is 0 Å². The van der Waals surface area contributed by atoms with Crippen LogP contribution in [0.5, 0.6) is 0 Å². The van der Waals surface area contributed by atoms with Crippen LogP contribution < -0.4 is 0 Å².